The largest absolute Gasteiger partial charge is 0.506 e. The Morgan fingerprint density at radius 3 is 2.38 bits per heavy atom. The summed E-state index contributed by atoms with van der Waals surface area (Å²) in [6, 6.07) is 22.3. The van der Waals surface area contributed by atoms with Crippen molar-refractivity contribution in [3.05, 3.63) is 100 Å². The summed E-state index contributed by atoms with van der Waals surface area (Å²) < 4.78 is 0. The molecule has 3 aromatic rings. The van der Waals surface area contributed by atoms with E-state index in [4.69, 9.17) is 16.6 Å². The quantitative estimate of drug-likeness (QED) is 0.543. The van der Waals surface area contributed by atoms with Crippen molar-refractivity contribution in [1.82, 2.24) is 0 Å². The zero-order chi connectivity index (χ0) is 20.0. The lowest BCUT2D eigenvalue weighted by Gasteiger charge is -2.19. The first-order valence-electron chi connectivity index (χ1n) is 9.38. The zero-order valence-electron chi connectivity index (χ0n) is 15.4. The number of hydrogen-bond donors (Lipinski definition) is 2. The second-order valence-corrected chi connectivity index (χ2v) is 7.56. The van der Waals surface area contributed by atoms with E-state index in [-0.39, 0.29) is 23.2 Å². The Kier molecular flexibility index (Phi) is 4.22. The Labute approximate surface area is 173 Å². The molecule has 2 aliphatic rings. The minimum absolute atomic E-state index is 0.00131. The number of fused-ring (bicyclic) bond motifs is 2. The van der Waals surface area contributed by atoms with E-state index in [1.807, 2.05) is 54.6 Å². The molecular formula is C24H17ClN2O2. The molecule has 5 rings (SSSR count). The topological polar surface area (TPSA) is 61.7 Å². The van der Waals surface area contributed by atoms with Crippen LogP contribution >= 0.6 is 11.6 Å². The van der Waals surface area contributed by atoms with Crippen molar-refractivity contribution in [2.24, 2.45) is 4.99 Å². The van der Waals surface area contributed by atoms with E-state index in [1.165, 1.54) is 0 Å². The number of nitrogens with one attached hydrogen (secondary N) is 1. The summed E-state index contributed by atoms with van der Waals surface area (Å²) in [5.41, 5.74) is 4.57. The van der Waals surface area contributed by atoms with Crippen molar-refractivity contribution >= 4 is 40.2 Å². The van der Waals surface area contributed by atoms with Crippen LogP contribution in [0.4, 0.5) is 11.4 Å². The molecule has 0 fully saturated rings. The SMILES string of the molecule is O=C1C(C2=Nc3ccccc3N[C@H](c3ccc(Cl)cc3)C2)=C(O)c2ccccc21. The predicted octanol–water partition coefficient (Wildman–Crippen LogP) is 6.14. The summed E-state index contributed by atoms with van der Waals surface area (Å²) in [6.45, 7) is 0. The average molecular weight is 401 g/mol. The maximum atomic E-state index is 13.1. The summed E-state index contributed by atoms with van der Waals surface area (Å²) in [5, 5.41) is 15.0. The lowest BCUT2D eigenvalue weighted by atomic mass is 9.95. The molecule has 1 aliphatic carbocycles. The van der Waals surface area contributed by atoms with Crippen LogP contribution in [-0.2, 0) is 0 Å². The van der Waals surface area contributed by atoms with Crippen LogP contribution in [0.1, 0.15) is 33.9 Å². The highest BCUT2D eigenvalue weighted by Crippen LogP contribution is 2.39. The molecule has 5 heteroatoms. The van der Waals surface area contributed by atoms with Gasteiger partial charge in [0.25, 0.3) is 0 Å². The summed E-state index contributed by atoms with van der Waals surface area (Å²) in [4.78, 5) is 17.9. The number of para-hydroxylation sites is 2. The molecule has 0 unspecified atom stereocenters. The highest BCUT2D eigenvalue weighted by Gasteiger charge is 2.34. The molecule has 1 atom stereocenters. The summed E-state index contributed by atoms with van der Waals surface area (Å²) >= 11 is 6.06. The lowest BCUT2D eigenvalue weighted by Crippen LogP contribution is -2.17. The normalized spacial score (nSPS) is 17.9. The molecule has 0 aromatic heterocycles. The van der Waals surface area contributed by atoms with Crippen LogP contribution in [0.25, 0.3) is 5.76 Å². The molecule has 142 valence electrons. The van der Waals surface area contributed by atoms with E-state index < -0.39 is 0 Å². The van der Waals surface area contributed by atoms with E-state index in [0.717, 1.165) is 16.9 Å². The summed E-state index contributed by atoms with van der Waals surface area (Å²) in [6.07, 6.45) is 0.454. The van der Waals surface area contributed by atoms with Gasteiger partial charge in [-0.2, -0.15) is 0 Å². The predicted molar refractivity (Wildman–Crippen MR) is 116 cm³/mol. The molecule has 1 aliphatic heterocycles. The third kappa shape index (κ3) is 3.02. The Bertz CT molecular complexity index is 1200. The zero-order valence-corrected chi connectivity index (χ0v) is 16.1. The fourth-order valence-electron chi connectivity index (χ4n) is 3.90. The van der Waals surface area contributed by atoms with Crippen LogP contribution in [0.15, 0.2) is 83.4 Å². The van der Waals surface area contributed by atoms with E-state index in [9.17, 15) is 9.90 Å². The van der Waals surface area contributed by atoms with Crippen LogP contribution in [-0.4, -0.2) is 16.6 Å². The second kappa shape index (κ2) is 6.90. The monoisotopic (exact) mass is 400 g/mol. The van der Waals surface area contributed by atoms with Gasteiger partial charge < -0.3 is 10.4 Å². The van der Waals surface area contributed by atoms with Gasteiger partial charge in [0.05, 0.1) is 28.7 Å². The van der Waals surface area contributed by atoms with Gasteiger partial charge >= 0.3 is 0 Å². The van der Waals surface area contributed by atoms with Crippen LogP contribution in [0.5, 0.6) is 0 Å². The number of halogens is 1. The first-order valence-corrected chi connectivity index (χ1v) is 9.76. The number of carbonyl (C=O) groups excluding carboxylic acids is 1. The number of carbonyl (C=O) groups is 1. The van der Waals surface area contributed by atoms with E-state index in [0.29, 0.717) is 28.3 Å². The number of hydrogen-bond acceptors (Lipinski definition) is 4. The number of nitrogens with zero attached hydrogens (tertiary/aromatic N) is 1. The van der Waals surface area contributed by atoms with Gasteiger partial charge in [-0.25, -0.2) is 0 Å². The number of ketones is 1. The van der Waals surface area contributed by atoms with Gasteiger partial charge in [-0.15, -0.1) is 0 Å². The summed E-state index contributed by atoms with van der Waals surface area (Å²) in [5.74, 6) is -0.190. The molecule has 0 bridgehead atoms. The van der Waals surface area contributed by atoms with Gasteiger partial charge in [0.2, 0.25) is 0 Å². The lowest BCUT2D eigenvalue weighted by molar-refractivity contribution is 0.104. The number of allylic oxidation sites excluding steroid dienone is 1. The van der Waals surface area contributed by atoms with Crippen molar-refractivity contribution in [3.8, 4) is 0 Å². The van der Waals surface area contributed by atoms with Crippen LogP contribution < -0.4 is 5.32 Å². The van der Waals surface area contributed by atoms with Crippen LogP contribution in [0.3, 0.4) is 0 Å². The Hall–Kier alpha value is -3.37. The van der Waals surface area contributed by atoms with Crippen molar-refractivity contribution in [2.45, 2.75) is 12.5 Å². The molecule has 1 heterocycles. The van der Waals surface area contributed by atoms with Gasteiger partial charge in [-0.05, 0) is 29.8 Å². The highest BCUT2D eigenvalue weighted by molar-refractivity contribution is 6.36. The number of rotatable bonds is 2. The maximum Gasteiger partial charge on any atom is 0.199 e. The molecule has 4 nitrogen and oxygen atoms in total. The molecule has 0 amide bonds. The number of anilines is 1. The first-order chi connectivity index (χ1) is 14.1. The smallest absolute Gasteiger partial charge is 0.199 e. The number of aliphatic hydroxyl groups excluding tert-OH is 1. The van der Waals surface area contributed by atoms with E-state index in [2.05, 4.69) is 5.32 Å². The van der Waals surface area contributed by atoms with Gasteiger partial charge in [-0.3, -0.25) is 9.79 Å². The number of aliphatic hydroxyl groups is 1. The van der Waals surface area contributed by atoms with Crippen molar-refractivity contribution in [2.75, 3.05) is 5.32 Å². The Morgan fingerprint density at radius 1 is 0.931 bits per heavy atom. The molecule has 29 heavy (non-hydrogen) atoms. The van der Waals surface area contributed by atoms with E-state index in [1.54, 1.807) is 18.2 Å². The molecule has 0 saturated heterocycles. The molecule has 2 N–H and O–H groups in total. The van der Waals surface area contributed by atoms with E-state index >= 15 is 0 Å². The standard InChI is InChI=1S/C24H17ClN2O2/c25-15-11-9-14(10-12-15)20-13-21(27-19-8-4-3-7-18(19)26-20)22-23(28)16-5-1-2-6-17(16)24(22)29/h1-12,20,26,28H,13H2/t20-/m0/s1. The maximum absolute atomic E-state index is 13.1. The van der Waals surface area contributed by atoms with Gasteiger partial charge in [-0.1, -0.05) is 60.1 Å². The second-order valence-electron chi connectivity index (χ2n) is 7.13. The molecule has 0 spiro atoms. The minimum atomic E-state index is -0.189. The summed E-state index contributed by atoms with van der Waals surface area (Å²) in [7, 11) is 0. The third-order valence-electron chi connectivity index (χ3n) is 5.34. The molecule has 0 radical (unpaired) electrons. The van der Waals surface area contributed by atoms with Gasteiger partial charge in [0, 0.05) is 22.6 Å². The minimum Gasteiger partial charge on any atom is -0.506 e. The van der Waals surface area contributed by atoms with Gasteiger partial charge in [0.1, 0.15) is 5.76 Å². The van der Waals surface area contributed by atoms with Crippen LogP contribution in [0, 0.1) is 0 Å². The third-order valence-corrected chi connectivity index (χ3v) is 5.59. The number of benzene rings is 3. The highest BCUT2D eigenvalue weighted by atomic mass is 35.5. The fourth-order valence-corrected chi connectivity index (χ4v) is 4.03. The number of aliphatic imine (C=N–C) groups is 1. The van der Waals surface area contributed by atoms with Gasteiger partial charge in [0.15, 0.2) is 5.78 Å². The van der Waals surface area contributed by atoms with Crippen LogP contribution in [0.2, 0.25) is 5.02 Å². The van der Waals surface area contributed by atoms with Crippen molar-refractivity contribution < 1.29 is 9.90 Å². The van der Waals surface area contributed by atoms with Crippen molar-refractivity contribution in [1.29, 1.82) is 0 Å². The average Bonchev–Trinajstić information content (AvgIpc) is 2.88. The Balaban J connectivity index is 1.64. The molecule has 3 aromatic carbocycles. The molecular weight excluding hydrogens is 384 g/mol. The first kappa shape index (κ1) is 17.7. The fraction of sp³-hybridized carbons (Fsp3) is 0.0833. The van der Waals surface area contributed by atoms with Crippen molar-refractivity contribution in [3.63, 3.8) is 0 Å². The Morgan fingerprint density at radius 2 is 1.62 bits per heavy atom. The number of Topliss-reactive ketones (excluding diaryl/α,β-unsaturated/α-hetero) is 1. The molecule has 0 saturated carbocycles.